The Morgan fingerprint density at radius 3 is 2.60 bits per heavy atom. The first-order chi connectivity index (χ1) is 11.8. The number of nitrogens with zero attached hydrogens (tertiary/aromatic N) is 3. The maximum atomic E-state index is 12.9. The van der Waals surface area contributed by atoms with Gasteiger partial charge in [0, 0.05) is 24.2 Å². The number of aliphatic carboxylic acids is 1. The summed E-state index contributed by atoms with van der Waals surface area (Å²) in [5.74, 6) is -0.894. The van der Waals surface area contributed by atoms with Crippen molar-refractivity contribution in [2.45, 2.75) is 30.7 Å². The molecule has 1 aliphatic rings. The van der Waals surface area contributed by atoms with Gasteiger partial charge in [-0.1, -0.05) is 18.5 Å². The molecule has 0 aliphatic carbocycles. The molecule has 0 spiro atoms. The fourth-order valence-corrected chi connectivity index (χ4v) is 4.94. The Morgan fingerprint density at radius 2 is 2.08 bits per heavy atom. The minimum atomic E-state index is -3.81. The molecule has 136 valence electrons. The molecule has 9 heteroatoms. The first-order valence-corrected chi connectivity index (χ1v) is 9.77. The zero-order valence-corrected chi connectivity index (χ0v) is 15.4. The highest BCUT2D eigenvalue weighted by atomic mass is 35.5. The first kappa shape index (κ1) is 19.7. The molecular weight excluding hydrogens is 366 g/mol. The molecular formula is C16H20ClN3O4S. The summed E-state index contributed by atoms with van der Waals surface area (Å²) in [5, 5.41) is 18.4. The van der Waals surface area contributed by atoms with Crippen molar-refractivity contribution >= 4 is 27.6 Å². The van der Waals surface area contributed by atoms with Crippen molar-refractivity contribution in [3.05, 3.63) is 28.8 Å². The fourth-order valence-electron chi connectivity index (χ4n) is 3.06. The van der Waals surface area contributed by atoms with Crippen molar-refractivity contribution in [3.63, 3.8) is 0 Å². The minimum Gasteiger partial charge on any atom is -0.480 e. The third-order valence-electron chi connectivity index (χ3n) is 4.37. The lowest BCUT2D eigenvalue weighted by atomic mass is 10.0. The van der Waals surface area contributed by atoms with Crippen molar-refractivity contribution in [1.29, 1.82) is 5.26 Å². The Balaban J connectivity index is 2.16. The second-order valence-electron chi connectivity index (χ2n) is 5.84. The summed E-state index contributed by atoms with van der Waals surface area (Å²) in [6.45, 7) is 2.98. The summed E-state index contributed by atoms with van der Waals surface area (Å²) in [4.78, 5) is 12.7. The van der Waals surface area contributed by atoms with Crippen LogP contribution in [0.5, 0.6) is 0 Å². The third kappa shape index (κ3) is 4.50. The van der Waals surface area contributed by atoms with Gasteiger partial charge in [-0.15, -0.1) is 0 Å². The van der Waals surface area contributed by atoms with Gasteiger partial charge in [0.15, 0.2) is 0 Å². The third-order valence-corrected chi connectivity index (χ3v) is 6.54. The van der Waals surface area contributed by atoms with Crippen LogP contribution in [0.3, 0.4) is 0 Å². The summed E-state index contributed by atoms with van der Waals surface area (Å²) in [6.07, 6.45) is 1.09. The van der Waals surface area contributed by atoms with Crippen LogP contribution in [0.25, 0.3) is 0 Å². The van der Waals surface area contributed by atoms with Crippen LogP contribution < -0.4 is 0 Å². The zero-order valence-electron chi connectivity index (χ0n) is 13.9. The molecule has 25 heavy (non-hydrogen) atoms. The van der Waals surface area contributed by atoms with Crippen molar-refractivity contribution in [2.24, 2.45) is 0 Å². The predicted molar refractivity (Wildman–Crippen MR) is 92.8 cm³/mol. The van der Waals surface area contributed by atoms with E-state index >= 15 is 0 Å². The van der Waals surface area contributed by atoms with Gasteiger partial charge < -0.3 is 5.11 Å². The maximum absolute atomic E-state index is 12.9. The highest BCUT2D eigenvalue weighted by molar-refractivity contribution is 7.89. The number of halogens is 1. The second-order valence-corrected chi connectivity index (χ2v) is 8.19. The molecule has 1 aliphatic heterocycles. The van der Waals surface area contributed by atoms with Gasteiger partial charge in [-0.3, -0.25) is 9.69 Å². The lowest BCUT2D eigenvalue weighted by Crippen LogP contribution is -2.48. The summed E-state index contributed by atoms with van der Waals surface area (Å²) in [6, 6.07) is 6.09. The molecule has 0 atom stereocenters. The summed E-state index contributed by atoms with van der Waals surface area (Å²) >= 11 is 5.90. The van der Waals surface area contributed by atoms with Crippen molar-refractivity contribution in [3.8, 4) is 6.07 Å². The molecule has 0 amide bonds. The lowest BCUT2D eigenvalue weighted by molar-refractivity contribution is -0.139. The molecule has 0 aromatic heterocycles. The van der Waals surface area contributed by atoms with E-state index in [9.17, 15) is 13.2 Å². The van der Waals surface area contributed by atoms with Crippen LogP contribution in [0.4, 0.5) is 0 Å². The molecule has 1 fully saturated rings. The van der Waals surface area contributed by atoms with Gasteiger partial charge in [-0.05, 0) is 37.6 Å². The van der Waals surface area contributed by atoms with Crippen molar-refractivity contribution in [2.75, 3.05) is 26.2 Å². The smallest absolute Gasteiger partial charge is 0.317 e. The van der Waals surface area contributed by atoms with Crippen LogP contribution in [0.15, 0.2) is 23.1 Å². The SMILES string of the molecule is CCN(CC(=O)O)C1CCN(S(=O)(=O)c2cc(Cl)ccc2C#N)CC1. The number of hydrogen-bond acceptors (Lipinski definition) is 5. The summed E-state index contributed by atoms with van der Waals surface area (Å²) in [7, 11) is -3.81. The van der Waals surface area contributed by atoms with E-state index in [1.807, 2.05) is 17.9 Å². The highest BCUT2D eigenvalue weighted by Crippen LogP contribution is 2.27. The molecule has 1 heterocycles. The van der Waals surface area contributed by atoms with Gasteiger partial charge in [0.2, 0.25) is 10.0 Å². The molecule has 1 aromatic carbocycles. The van der Waals surface area contributed by atoms with Gasteiger partial charge in [0.25, 0.3) is 0 Å². The zero-order chi connectivity index (χ0) is 18.6. The van der Waals surface area contributed by atoms with Gasteiger partial charge in [0.05, 0.1) is 12.1 Å². The molecule has 2 rings (SSSR count). The maximum Gasteiger partial charge on any atom is 0.317 e. The van der Waals surface area contributed by atoms with Crippen LogP contribution in [-0.2, 0) is 14.8 Å². The largest absolute Gasteiger partial charge is 0.480 e. The van der Waals surface area contributed by atoms with Gasteiger partial charge in [0.1, 0.15) is 11.0 Å². The lowest BCUT2D eigenvalue weighted by Gasteiger charge is -2.36. The van der Waals surface area contributed by atoms with Crippen LogP contribution >= 0.6 is 11.6 Å². The van der Waals surface area contributed by atoms with E-state index in [0.29, 0.717) is 19.4 Å². The number of hydrogen-bond donors (Lipinski definition) is 1. The molecule has 0 unspecified atom stereocenters. The van der Waals surface area contributed by atoms with E-state index in [0.717, 1.165) is 0 Å². The number of carboxylic acids is 1. The number of rotatable bonds is 6. The van der Waals surface area contributed by atoms with E-state index in [2.05, 4.69) is 0 Å². The number of carboxylic acid groups (broad SMARTS) is 1. The van der Waals surface area contributed by atoms with E-state index in [-0.39, 0.29) is 41.2 Å². The topological polar surface area (TPSA) is 102 Å². The highest BCUT2D eigenvalue weighted by Gasteiger charge is 2.33. The molecule has 7 nitrogen and oxygen atoms in total. The van der Waals surface area contributed by atoms with E-state index in [4.69, 9.17) is 22.0 Å². The van der Waals surface area contributed by atoms with Gasteiger partial charge in [-0.2, -0.15) is 9.57 Å². The Kier molecular flexibility index (Phi) is 6.41. The molecule has 1 saturated heterocycles. The van der Waals surface area contributed by atoms with E-state index in [1.165, 1.54) is 22.5 Å². The predicted octanol–water partition coefficient (Wildman–Crippen LogP) is 1.77. The number of piperidine rings is 1. The van der Waals surface area contributed by atoms with Crippen LogP contribution in [0, 0.1) is 11.3 Å². The molecule has 1 N–H and O–H groups in total. The second kappa shape index (κ2) is 8.15. The minimum absolute atomic E-state index is 0.0300. The van der Waals surface area contributed by atoms with Crippen LogP contribution in [0.1, 0.15) is 25.3 Å². The summed E-state index contributed by atoms with van der Waals surface area (Å²) < 4.78 is 27.0. The van der Waals surface area contributed by atoms with Gasteiger partial charge in [-0.25, -0.2) is 8.42 Å². The Labute approximate surface area is 152 Å². The fraction of sp³-hybridized carbons (Fsp3) is 0.500. The number of sulfonamides is 1. The average Bonchev–Trinajstić information content (AvgIpc) is 2.59. The normalized spacial score (nSPS) is 16.7. The molecule has 0 bridgehead atoms. The molecule has 0 saturated carbocycles. The quantitative estimate of drug-likeness (QED) is 0.800. The molecule has 1 aromatic rings. The number of likely N-dealkylation sites (N-methyl/N-ethyl adjacent to an activating group) is 1. The monoisotopic (exact) mass is 385 g/mol. The van der Waals surface area contributed by atoms with Crippen LogP contribution in [0.2, 0.25) is 5.02 Å². The van der Waals surface area contributed by atoms with Crippen LogP contribution in [-0.4, -0.2) is 60.9 Å². The summed E-state index contributed by atoms with van der Waals surface area (Å²) in [5.41, 5.74) is 0.0626. The Bertz CT molecular complexity index is 783. The van der Waals surface area contributed by atoms with Crippen molar-refractivity contribution < 1.29 is 18.3 Å². The number of nitriles is 1. The van der Waals surface area contributed by atoms with E-state index in [1.54, 1.807) is 0 Å². The molecule has 0 radical (unpaired) electrons. The number of benzene rings is 1. The van der Waals surface area contributed by atoms with Crippen molar-refractivity contribution in [1.82, 2.24) is 9.21 Å². The Hall–Kier alpha value is -1.66. The Morgan fingerprint density at radius 1 is 1.44 bits per heavy atom. The number of carbonyl (C=O) groups is 1. The van der Waals surface area contributed by atoms with Gasteiger partial charge >= 0.3 is 5.97 Å². The average molecular weight is 386 g/mol. The first-order valence-electron chi connectivity index (χ1n) is 7.95. The van der Waals surface area contributed by atoms with E-state index < -0.39 is 16.0 Å². The standard InChI is InChI=1S/C16H20ClN3O4S/c1-2-19(11-16(21)22)14-5-7-20(8-6-14)25(23,24)15-9-13(17)4-3-12(15)10-18/h3-4,9,14H,2,5-8,11H2,1H3,(H,21,22).